The number of benzene rings is 2. The van der Waals surface area contributed by atoms with Crippen LogP contribution >= 0.6 is 0 Å². The van der Waals surface area contributed by atoms with Gasteiger partial charge in [-0.3, -0.25) is 4.79 Å². The fourth-order valence-electron chi connectivity index (χ4n) is 3.16. The highest BCUT2D eigenvalue weighted by Crippen LogP contribution is 2.24. The molecule has 0 aliphatic rings. The van der Waals surface area contributed by atoms with Crippen LogP contribution in [-0.2, 0) is 0 Å². The number of fused-ring (bicyclic) bond motifs is 2. The molecule has 2 aromatic carbocycles. The topological polar surface area (TPSA) is 70.9 Å². The van der Waals surface area contributed by atoms with Crippen molar-refractivity contribution in [2.45, 2.75) is 26.8 Å². The molecule has 1 unspecified atom stereocenters. The van der Waals surface area contributed by atoms with Crippen molar-refractivity contribution in [3.05, 3.63) is 65.7 Å². The third-order valence-corrected chi connectivity index (χ3v) is 4.55. The first-order chi connectivity index (χ1) is 12.5. The molecule has 1 amide bonds. The van der Waals surface area contributed by atoms with Gasteiger partial charge in [0.05, 0.1) is 17.1 Å². The van der Waals surface area contributed by atoms with Gasteiger partial charge in [0.1, 0.15) is 11.4 Å². The van der Waals surface area contributed by atoms with Crippen molar-refractivity contribution in [1.82, 2.24) is 15.3 Å². The highest BCUT2D eigenvalue weighted by atomic mass is 16.3. The number of rotatable bonds is 4. The highest BCUT2D eigenvalue weighted by molar-refractivity contribution is 5.96. The average molecular weight is 347 g/mol. The number of imidazole rings is 1. The normalized spacial score (nSPS) is 12.8. The zero-order valence-electron chi connectivity index (χ0n) is 15.0. The number of aromatic amines is 1. The molecule has 4 rings (SSSR count). The van der Waals surface area contributed by atoms with Gasteiger partial charge in [0.25, 0.3) is 5.91 Å². The van der Waals surface area contributed by atoms with E-state index in [0.717, 1.165) is 27.8 Å². The van der Waals surface area contributed by atoms with Crippen LogP contribution in [0.15, 0.2) is 52.9 Å². The average Bonchev–Trinajstić information content (AvgIpc) is 3.22. The predicted molar refractivity (Wildman–Crippen MR) is 102 cm³/mol. The highest BCUT2D eigenvalue weighted by Gasteiger charge is 2.24. The van der Waals surface area contributed by atoms with Crippen LogP contribution in [0.1, 0.15) is 41.8 Å². The summed E-state index contributed by atoms with van der Waals surface area (Å²) in [7, 11) is 0. The predicted octanol–water partition coefficient (Wildman–Crippen LogP) is 4.74. The van der Waals surface area contributed by atoms with Gasteiger partial charge in [-0.2, -0.15) is 0 Å². The van der Waals surface area contributed by atoms with E-state index >= 15 is 0 Å². The lowest BCUT2D eigenvalue weighted by Crippen LogP contribution is -2.32. The van der Waals surface area contributed by atoms with Crippen LogP contribution in [0, 0.1) is 12.8 Å². The molecule has 0 bridgehead atoms. The second-order valence-corrected chi connectivity index (χ2v) is 6.99. The molecule has 0 aliphatic carbocycles. The number of aromatic nitrogens is 2. The van der Waals surface area contributed by atoms with Crippen LogP contribution in [0.2, 0.25) is 0 Å². The summed E-state index contributed by atoms with van der Waals surface area (Å²) in [6.07, 6.45) is 0. The summed E-state index contributed by atoms with van der Waals surface area (Å²) in [4.78, 5) is 20.7. The van der Waals surface area contributed by atoms with Crippen LogP contribution in [0.25, 0.3) is 22.0 Å². The molecule has 132 valence electrons. The van der Waals surface area contributed by atoms with Crippen LogP contribution < -0.4 is 5.32 Å². The Morgan fingerprint density at radius 2 is 1.96 bits per heavy atom. The fourth-order valence-corrected chi connectivity index (χ4v) is 3.16. The van der Waals surface area contributed by atoms with Crippen molar-refractivity contribution in [3.8, 4) is 0 Å². The van der Waals surface area contributed by atoms with Gasteiger partial charge >= 0.3 is 0 Å². The number of aryl methyl sites for hydroxylation is 1. The Kier molecular flexibility index (Phi) is 3.99. The number of H-pyrrole nitrogens is 1. The largest absolute Gasteiger partial charge is 0.451 e. The summed E-state index contributed by atoms with van der Waals surface area (Å²) in [5.74, 6) is 0.998. The Morgan fingerprint density at radius 3 is 2.73 bits per heavy atom. The minimum Gasteiger partial charge on any atom is -0.451 e. The summed E-state index contributed by atoms with van der Waals surface area (Å²) < 4.78 is 5.72. The number of nitrogens with zero attached hydrogens (tertiary/aromatic N) is 1. The van der Waals surface area contributed by atoms with E-state index in [0.29, 0.717) is 11.3 Å². The van der Waals surface area contributed by atoms with E-state index in [9.17, 15) is 4.79 Å². The van der Waals surface area contributed by atoms with E-state index in [1.807, 2.05) is 49.4 Å². The van der Waals surface area contributed by atoms with Gasteiger partial charge in [-0.15, -0.1) is 0 Å². The van der Waals surface area contributed by atoms with Gasteiger partial charge in [-0.25, -0.2) is 4.98 Å². The quantitative estimate of drug-likeness (QED) is 0.560. The maximum absolute atomic E-state index is 12.8. The number of carbonyl (C=O) groups is 1. The SMILES string of the molecule is Cc1ccc2oc(C(=O)NC(c3nc4ccccc4[nH]3)C(C)C)cc2c1. The molecule has 2 N–H and O–H groups in total. The molecule has 5 heteroatoms. The summed E-state index contributed by atoms with van der Waals surface area (Å²) in [6, 6.07) is 15.3. The molecule has 4 aromatic rings. The Balaban J connectivity index is 1.63. The fraction of sp³-hybridized carbons (Fsp3) is 0.238. The van der Waals surface area contributed by atoms with Crippen LogP contribution in [0.3, 0.4) is 0 Å². The van der Waals surface area contributed by atoms with Crippen LogP contribution in [0.4, 0.5) is 0 Å². The number of para-hydroxylation sites is 2. The lowest BCUT2D eigenvalue weighted by atomic mass is 10.0. The van der Waals surface area contributed by atoms with E-state index in [2.05, 4.69) is 29.1 Å². The summed E-state index contributed by atoms with van der Waals surface area (Å²) in [6.45, 7) is 6.13. The van der Waals surface area contributed by atoms with Gasteiger partial charge in [0.2, 0.25) is 0 Å². The molecule has 2 heterocycles. The minimum absolute atomic E-state index is 0.172. The second-order valence-electron chi connectivity index (χ2n) is 6.99. The number of furan rings is 1. The molecule has 0 aliphatic heterocycles. The maximum atomic E-state index is 12.8. The van der Waals surface area contributed by atoms with Crippen LogP contribution in [-0.4, -0.2) is 15.9 Å². The van der Waals surface area contributed by atoms with Crippen molar-refractivity contribution >= 4 is 27.9 Å². The Bertz CT molecular complexity index is 1060. The molecule has 0 saturated carbocycles. The van der Waals surface area contributed by atoms with Gasteiger partial charge in [-0.05, 0) is 43.2 Å². The number of amides is 1. The lowest BCUT2D eigenvalue weighted by Gasteiger charge is -2.19. The Labute approximate surface area is 151 Å². The lowest BCUT2D eigenvalue weighted by molar-refractivity contribution is 0.0897. The Hall–Kier alpha value is -3.08. The first-order valence-corrected chi connectivity index (χ1v) is 8.77. The van der Waals surface area contributed by atoms with E-state index in [1.165, 1.54) is 0 Å². The van der Waals surface area contributed by atoms with Crippen molar-refractivity contribution in [2.75, 3.05) is 0 Å². The van der Waals surface area contributed by atoms with Gasteiger partial charge in [-0.1, -0.05) is 37.6 Å². The number of hydrogen-bond acceptors (Lipinski definition) is 3. The number of hydrogen-bond donors (Lipinski definition) is 2. The van der Waals surface area contributed by atoms with E-state index in [-0.39, 0.29) is 17.9 Å². The summed E-state index contributed by atoms with van der Waals surface area (Å²) in [5.41, 5.74) is 3.70. The van der Waals surface area contributed by atoms with E-state index in [4.69, 9.17) is 4.42 Å². The van der Waals surface area contributed by atoms with Crippen molar-refractivity contribution in [3.63, 3.8) is 0 Å². The monoisotopic (exact) mass is 347 g/mol. The first-order valence-electron chi connectivity index (χ1n) is 8.77. The molecule has 0 fully saturated rings. The van der Waals surface area contributed by atoms with Crippen molar-refractivity contribution in [2.24, 2.45) is 5.92 Å². The molecule has 0 radical (unpaired) electrons. The second kappa shape index (κ2) is 6.33. The molecule has 26 heavy (non-hydrogen) atoms. The molecular weight excluding hydrogens is 326 g/mol. The van der Waals surface area contributed by atoms with Gasteiger partial charge in [0, 0.05) is 5.39 Å². The molecule has 0 saturated heterocycles. The summed E-state index contributed by atoms with van der Waals surface area (Å²) in [5, 5.41) is 3.99. The van der Waals surface area contributed by atoms with Crippen molar-refractivity contribution in [1.29, 1.82) is 0 Å². The summed E-state index contributed by atoms with van der Waals surface area (Å²) >= 11 is 0. The van der Waals surface area contributed by atoms with E-state index < -0.39 is 0 Å². The molecule has 1 atom stereocenters. The maximum Gasteiger partial charge on any atom is 0.287 e. The number of carbonyl (C=O) groups excluding carboxylic acids is 1. The zero-order chi connectivity index (χ0) is 18.3. The third kappa shape index (κ3) is 2.96. The van der Waals surface area contributed by atoms with E-state index in [1.54, 1.807) is 6.07 Å². The molecule has 2 aromatic heterocycles. The third-order valence-electron chi connectivity index (χ3n) is 4.55. The van der Waals surface area contributed by atoms with Gasteiger partial charge < -0.3 is 14.7 Å². The van der Waals surface area contributed by atoms with Crippen LogP contribution in [0.5, 0.6) is 0 Å². The number of nitrogens with one attached hydrogen (secondary N) is 2. The van der Waals surface area contributed by atoms with Gasteiger partial charge in [0.15, 0.2) is 5.76 Å². The smallest absolute Gasteiger partial charge is 0.287 e. The standard InChI is InChI=1S/C21H21N3O2/c1-12(2)19(20-22-15-6-4-5-7-16(15)23-20)24-21(25)18-11-14-10-13(3)8-9-17(14)26-18/h4-12,19H,1-3H3,(H,22,23)(H,24,25). The molecule has 5 nitrogen and oxygen atoms in total. The Morgan fingerprint density at radius 1 is 1.15 bits per heavy atom. The zero-order valence-corrected chi connectivity index (χ0v) is 15.0. The molecular formula is C21H21N3O2. The minimum atomic E-state index is -0.238. The van der Waals surface area contributed by atoms with Crippen molar-refractivity contribution < 1.29 is 9.21 Å². The first kappa shape index (κ1) is 16.4. The molecule has 0 spiro atoms.